The number of benzene rings is 1. The summed E-state index contributed by atoms with van der Waals surface area (Å²) < 4.78 is 31.9. The summed E-state index contributed by atoms with van der Waals surface area (Å²) in [5.74, 6) is 1.01. The van der Waals surface area contributed by atoms with E-state index in [-0.39, 0.29) is 17.2 Å². The van der Waals surface area contributed by atoms with E-state index in [1.165, 1.54) is 21.5 Å². The summed E-state index contributed by atoms with van der Waals surface area (Å²) in [6.45, 7) is 1.59. The van der Waals surface area contributed by atoms with Gasteiger partial charge in [0.25, 0.3) is 5.91 Å². The van der Waals surface area contributed by atoms with Gasteiger partial charge in [0.05, 0.1) is 17.9 Å². The van der Waals surface area contributed by atoms with Crippen molar-refractivity contribution >= 4 is 45.2 Å². The molecule has 4 rings (SSSR count). The SMILES string of the molecule is O=C(Nc1ccccc1N1CCOC1=O)c1cc(S(=O)(=O)N2CCSCC2)c[nH]1. The Bertz CT molecular complexity index is 1030. The highest BCUT2D eigenvalue weighted by Gasteiger charge is 2.29. The van der Waals surface area contributed by atoms with Gasteiger partial charge in [-0.15, -0.1) is 0 Å². The molecule has 0 radical (unpaired) electrons. The van der Waals surface area contributed by atoms with Crippen molar-refractivity contribution in [2.24, 2.45) is 0 Å². The number of amides is 2. The maximum atomic E-state index is 12.8. The molecule has 2 amide bonds. The lowest BCUT2D eigenvalue weighted by Crippen LogP contribution is -2.37. The van der Waals surface area contributed by atoms with Crippen molar-refractivity contribution in [2.45, 2.75) is 4.90 Å². The average molecular weight is 437 g/mol. The molecule has 0 bridgehead atoms. The fourth-order valence-electron chi connectivity index (χ4n) is 3.21. The van der Waals surface area contributed by atoms with Crippen LogP contribution in [0.3, 0.4) is 0 Å². The van der Waals surface area contributed by atoms with E-state index < -0.39 is 22.0 Å². The normalized spacial score (nSPS) is 17.9. The highest BCUT2D eigenvalue weighted by atomic mass is 32.2. The van der Waals surface area contributed by atoms with E-state index in [0.29, 0.717) is 31.0 Å². The molecule has 0 saturated carbocycles. The lowest BCUT2D eigenvalue weighted by atomic mass is 10.2. The highest BCUT2D eigenvalue weighted by molar-refractivity contribution is 7.99. The number of carbonyl (C=O) groups excluding carboxylic acids is 2. The van der Waals surface area contributed by atoms with Crippen LogP contribution in [0.25, 0.3) is 0 Å². The number of aromatic amines is 1. The Balaban J connectivity index is 1.53. The topological polar surface area (TPSA) is 112 Å². The molecule has 1 aromatic carbocycles. The molecule has 0 unspecified atom stereocenters. The minimum Gasteiger partial charge on any atom is -0.447 e. The summed E-state index contributed by atoms with van der Waals surface area (Å²) in [6.07, 6.45) is 0.857. The van der Waals surface area contributed by atoms with Crippen molar-refractivity contribution < 1.29 is 22.7 Å². The fourth-order valence-corrected chi connectivity index (χ4v) is 5.78. The van der Waals surface area contributed by atoms with Gasteiger partial charge < -0.3 is 15.0 Å². The summed E-state index contributed by atoms with van der Waals surface area (Å²) in [5.41, 5.74) is 1.07. The first kappa shape index (κ1) is 19.8. The Labute approximate surface area is 172 Å². The number of H-pyrrole nitrogens is 1. The first-order valence-corrected chi connectivity index (χ1v) is 11.7. The van der Waals surface area contributed by atoms with Crippen LogP contribution in [0.2, 0.25) is 0 Å². The van der Waals surface area contributed by atoms with E-state index in [4.69, 9.17) is 4.74 Å². The second-order valence-corrected chi connectivity index (χ2v) is 9.67. The predicted octanol–water partition coefficient (Wildman–Crippen LogP) is 1.96. The van der Waals surface area contributed by atoms with Crippen molar-refractivity contribution in [1.29, 1.82) is 0 Å². The Hall–Kier alpha value is -2.50. The molecule has 3 heterocycles. The van der Waals surface area contributed by atoms with Gasteiger partial charge in [-0.3, -0.25) is 9.69 Å². The van der Waals surface area contributed by atoms with Crippen molar-refractivity contribution in [1.82, 2.24) is 9.29 Å². The quantitative estimate of drug-likeness (QED) is 0.741. The van der Waals surface area contributed by atoms with Gasteiger partial charge in [-0.1, -0.05) is 12.1 Å². The third-order valence-electron chi connectivity index (χ3n) is 4.71. The zero-order valence-corrected chi connectivity index (χ0v) is 17.1. The molecule has 0 aliphatic carbocycles. The first-order valence-electron chi connectivity index (χ1n) is 9.08. The zero-order chi connectivity index (χ0) is 20.4. The van der Waals surface area contributed by atoms with E-state index >= 15 is 0 Å². The molecule has 9 nitrogen and oxygen atoms in total. The molecule has 0 atom stereocenters. The number of thioether (sulfide) groups is 1. The van der Waals surface area contributed by atoms with Gasteiger partial charge in [-0.05, 0) is 18.2 Å². The molecule has 154 valence electrons. The van der Waals surface area contributed by atoms with Gasteiger partial charge in [0.2, 0.25) is 10.0 Å². The first-order chi connectivity index (χ1) is 14.0. The fraction of sp³-hybridized carbons (Fsp3) is 0.333. The summed E-state index contributed by atoms with van der Waals surface area (Å²) in [5, 5.41) is 2.74. The number of hydrogen-bond donors (Lipinski definition) is 2. The van der Waals surface area contributed by atoms with E-state index in [1.54, 1.807) is 36.0 Å². The molecule has 11 heteroatoms. The van der Waals surface area contributed by atoms with Gasteiger partial charge in [0, 0.05) is 30.8 Å². The van der Waals surface area contributed by atoms with Crippen LogP contribution in [0.15, 0.2) is 41.4 Å². The second kappa shape index (κ2) is 8.09. The number of nitrogens with one attached hydrogen (secondary N) is 2. The number of nitrogens with zero attached hydrogens (tertiary/aromatic N) is 2. The van der Waals surface area contributed by atoms with Crippen LogP contribution >= 0.6 is 11.8 Å². The van der Waals surface area contributed by atoms with Crippen LogP contribution < -0.4 is 10.2 Å². The minimum absolute atomic E-state index is 0.0611. The molecule has 2 aliphatic heterocycles. The van der Waals surface area contributed by atoms with Crippen molar-refractivity contribution in [3.8, 4) is 0 Å². The van der Waals surface area contributed by atoms with Crippen molar-refractivity contribution in [3.63, 3.8) is 0 Å². The predicted molar refractivity (Wildman–Crippen MR) is 110 cm³/mol. The largest absolute Gasteiger partial charge is 0.447 e. The minimum atomic E-state index is -3.64. The molecule has 29 heavy (non-hydrogen) atoms. The average Bonchev–Trinajstić information content (AvgIpc) is 3.39. The molecule has 2 fully saturated rings. The number of para-hydroxylation sites is 2. The molecule has 0 spiro atoms. The third kappa shape index (κ3) is 3.98. The van der Waals surface area contributed by atoms with Gasteiger partial charge >= 0.3 is 6.09 Å². The third-order valence-corrected chi connectivity index (χ3v) is 7.53. The Kier molecular flexibility index (Phi) is 5.52. The number of anilines is 2. The monoisotopic (exact) mass is 436 g/mol. The van der Waals surface area contributed by atoms with Crippen LogP contribution in [0.1, 0.15) is 10.5 Å². The van der Waals surface area contributed by atoms with E-state index in [1.807, 2.05) is 0 Å². The smallest absolute Gasteiger partial charge is 0.414 e. The number of sulfonamides is 1. The second-order valence-electron chi connectivity index (χ2n) is 6.50. The summed E-state index contributed by atoms with van der Waals surface area (Å²) in [4.78, 5) is 28.8. The number of carbonyl (C=O) groups is 2. The Morgan fingerprint density at radius 2 is 1.93 bits per heavy atom. The van der Waals surface area contributed by atoms with Crippen LogP contribution in [0.4, 0.5) is 16.2 Å². The highest BCUT2D eigenvalue weighted by Crippen LogP contribution is 2.28. The maximum Gasteiger partial charge on any atom is 0.414 e. The molecule has 2 N–H and O–H groups in total. The van der Waals surface area contributed by atoms with Crippen LogP contribution in [0, 0.1) is 0 Å². The number of aromatic nitrogens is 1. The maximum absolute atomic E-state index is 12.8. The van der Waals surface area contributed by atoms with Crippen LogP contribution in [-0.2, 0) is 14.8 Å². The summed E-state index contributed by atoms with van der Waals surface area (Å²) in [7, 11) is -3.64. The zero-order valence-electron chi connectivity index (χ0n) is 15.5. The van der Waals surface area contributed by atoms with E-state index in [9.17, 15) is 18.0 Å². The Morgan fingerprint density at radius 3 is 2.66 bits per heavy atom. The lowest BCUT2D eigenvalue weighted by Gasteiger charge is -2.24. The molecular weight excluding hydrogens is 416 g/mol. The summed E-state index contributed by atoms with van der Waals surface area (Å²) >= 11 is 1.72. The van der Waals surface area contributed by atoms with Crippen molar-refractivity contribution in [2.75, 3.05) is 48.0 Å². The van der Waals surface area contributed by atoms with Gasteiger partial charge in [0.1, 0.15) is 17.2 Å². The van der Waals surface area contributed by atoms with E-state index in [2.05, 4.69) is 10.3 Å². The van der Waals surface area contributed by atoms with Crippen LogP contribution in [0.5, 0.6) is 0 Å². The Morgan fingerprint density at radius 1 is 1.17 bits per heavy atom. The lowest BCUT2D eigenvalue weighted by molar-refractivity contribution is 0.102. The molecular formula is C18H20N4O5S2. The molecule has 2 aromatic rings. The number of hydrogen-bond acceptors (Lipinski definition) is 6. The van der Waals surface area contributed by atoms with Crippen molar-refractivity contribution in [3.05, 3.63) is 42.2 Å². The summed E-state index contributed by atoms with van der Waals surface area (Å²) in [6, 6.07) is 8.21. The number of ether oxygens (including phenoxy) is 1. The van der Waals surface area contributed by atoms with E-state index in [0.717, 1.165) is 11.5 Å². The number of rotatable bonds is 5. The molecule has 2 saturated heterocycles. The standard InChI is InChI=1S/C18H20N4O5S2/c23-17(20-14-3-1-2-4-16(14)22-5-8-27-18(22)24)15-11-13(12-19-15)29(25,26)21-6-9-28-10-7-21/h1-4,11-12,19H,5-10H2,(H,20,23). The number of cyclic esters (lactones) is 1. The molecule has 2 aliphatic rings. The van der Waals surface area contributed by atoms with Crippen LogP contribution in [-0.4, -0.2) is 67.5 Å². The van der Waals surface area contributed by atoms with Gasteiger partial charge in [-0.2, -0.15) is 16.1 Å². The van der Waals surface area contributed by atoms with Gasteiger partial charge in [0.15, 0.2) is 0 Å². The van der Waals surface area contributed by atoms with Gasteiger partial charge in [-0.25, -0.2) is 13.2 Å². The molecule has 1 aromatic heterocycles.